The van der Waals surface area contributed by atoms with Crippen molar-refractivity contribution in [2.75, 3.05) is 0 Å². The van der Waals surface area contributed by atoms with E-state index in [1.54, 1.807) is 0 Å². The molecule has 5 aliphatic rings. The summed E-state index contributed by atoms with van der Waals surface area (Å²) in [6, 6.07) is 0. The van der Waals surface area contributed by atoms with E-state index in [-0.39, 0.29) is 17.8 Å². The van der Waals surface area contributed by atoms with Crippen molar-refractivity contribution >= 4 is 5.97 Å². The predicted molar refractivity (Wildman–Crippen MR) is 86.5 cm³/mol. The van der Waals surface area contributed by atoms with Crippen molar-refractivity contribution in [3.8, 4) is 0 Å². The Morgan fingerprint density at radius 3 is 2.75 bits per heavy atom. The summed E-state index contributed by atoms with van der Waals surface area (Å²) < 4.78 is 12.0. The number of fused-ring (bicyclic) bond motifs is 2. The van der Waals surface area contributed by atoms with Gasteiger partial charge in [-0.25, -0.2) is 9.78 Å². The highest BCUT2D eigenvalue weighted by Crippen LogP contribution is 2.60. The second kappa shape index (κ2) is 5.96. The molecular formula is C19H30O5. The second-order valence-corrected chi connectivity index (χ2v) is 8.45. The van der Waals surface area contributed by atoms with Gasteiger partial charge in [-0.15, -0.1) is 0 Å². The Morgan fingerprint density at radius 1 is 1.12 bits per heavy atom. The van der Waals surface area contributed by atoms with Crippen LogP contribution in [0.2, 0.25) is 0 Å². The number of rotatable bonds is 4. The third-order valence-electron chi connectivity index (χ3n) is 6.91. The van der Waals surface area contributed by atoms with Crippen molar-refractivity contribution in [1.29, 1.82) is 0 Å². The first kappa shape index (κ1) is 16.8. The zero-order valence-electron chi connectivity index (χ0n) is 15.1. The Kier molecular flexibility index (Phi) is 4.17. The molecule has 0 aromatic carbocycles. The van der Waals surface area contributed by atoms with Crippen molar-refractivity contribution in [2.45, 2.75) is 89.8 Å². The lowest BCUT2D eigenvalue weighted by Gasteiger charge is -2.58. The molecule has 0 aromatic heterocycles. The summed E-state index contributed by atoms with van der Waals surface area (Å²) >= 11 is 0. The standard InChI is InChI=1S/C19H30O5/c1-4-5-6-7-13-15-9-8-12(2)14-10-11-18(3)22-17(21-16(13)20)19(14,15)24-23-18/h12-15,17H,4-11H2,1-3H3/t12-,13+,14+,15+,17-,18-,19-/m1/s1. The van der Waals surface area contributed by atoms with E-state index < -0.39 is 17.7 Å². The van der Waals surface area contributed by atoms with E-state index in [0.29, 0.717) is 11.8 Å². The van der Waals surface area contributed by atoms with Gasteiger partial charge in [0.2, 0.25) is 12.1 Å². The Morgan fingerprint density at radius 2 is 1.96 bits per heavy atom. The molecule has 1 spiro atoms. The van der Waals surface area contributed by atoms with Gasteiger partial charge in [0.15, 0.2) is 5.60 Å². The van der Waals surface area contributed by atoms with Crippen LogP contribution in [0, 0.1) is 23.7 Å². The van der Waals surface area contributed by atoms with Gasteiger partial charge >= 0.3 is 5.97 Å². The molecule has 0 amide bonds. The van der Waals surface area contributed by atoms with E-state index in [4.69, 9.17) is 19.2 Å². The average Bonchev–Trinajstić information content (AvgIpc) is 2.78. The Bertz CT molecular complexity index is 508. The van der Waals surface area contributed by atoms with Crippen LogP contribution in [-0.4, -0.2) is 23.6 Å². The maximum absolute atomic E-state index is 12.7. The zero-order valence-corrected chi connectivity index (χ0v) is 15.1. The molecule has 4 aliphatic heterocycles. The van der Waals surface area contributed by atoms with Crippen LogP contribution in [-0.2, 0) is 24.0 Å². The SMILES string of the molecule is CCCCC[C@@H]1C(=O)O[C@@H]2O[C@@]3(C)CC[C@H]4[C@H](C)CC[C@@H]1[C@@]24OO3. The minimum atomic E-state index is -0.799. The van der Waals surface area contributed by atoms with Crippen molar-refractivity contribution in [1.82, 2.24) is 0 Å². The highest BCUT2D eigenvalue weighted by atomic mass is 17.3. The maximum Gasteiger partial charge on any atom is 0.311 e. The van der Waals surface area contributed by atoms with Gasteiger partial charge in [-0.05, 0) is 38.5 Å². The van der Waals surface area contributed by atoms with Crippen molar-refractivity contribution in [3.05, 3.63) is 0 Å². The predicted octanol–water partition coefficient (Wildman–Crippen LogP) is 3.96. The summed E-state index contributed by atoms with van der Waals surface area (Å²) in [6.07, 6.45) is 7.55. The van der Waals surface area contributed by atoms with Gasteiger partial charge in [-0.2, -0.15) is 0 Å². The van der Waals surface area contributed by atoms with Gasteiger partial charge in [-0.1, -0.05) is 33.1 Å². The van der Waals surface area contributed by atoms with Crippen LogP contribution in [0.15, 0.2) is 0 Å². The maximum atomic E-state index is 12.7. The Hall–Kier alpha value is -0.650. The molecule has 0 radical (unpaired) electrons. The van der Waals surface area contributed by atoms with E-state index in [2.05, 4.69) is 13.8 Å². The van der Waals surface area contributed by atoms with Gasteiger partial charge in [0, 0.05) is 18.3 Å². The number of ether oxygens (including phenoxy) is 2. The summed E-state index contributed by atoms with van der Waals surface area (Å²) in [5.41, 5.74) is -0.613. The molecule has 136 valence electrons. The molecule has 5 rings (SSSR count). The van der Waals surface area contributed by atoms with E-state index >= 15 is 0 Å². The smallest absolute Gasteiger partial charge is 0.311 e. The third kappa shape index (κ3) is 2.35. The topological polar surface area (TPSA) is 54.0 Å². The molecule has 0 unspecified atom stereocenters. The van der Waals surface area contributed by atoms with Crippen LogP contribution in [0.25, 0.3) is 0 Å². The lowest BCUT2D eigenvalue weighted by atomic mass is 9.57. The minimum Gasteiger partial charge on any atom is -0.432 e. The first-order valence-electron chi connectivity index (χ1n) is 9.75. The molecule has 7 atom stereocenters. The van der Waals surface area contributed by atoms with Crippen molar-refractivity contribution in [3.63, 3.8) is 0 Å². The number of unbranched alkanes of at least 4 members (excludes halogenated alkanes) is 2. The summed E-state index contributed by atoms with van der Waals surface area (Å²) in [5.74, 6) is 0.0193. The lowest BCUT2D eigenvalue weighted by Crippen LogP contribution is -2.70. The van der Waals surface area contributed by atoms with E-state index in [9.17, 15) is 4.79 Å². The highest BCUT2D eigenvalue weighted by Gasteiger charge is 2.70. The lowest BCUT2D eigenvalue weighted by molar-refractivity contribution is -0.559. The summed E-state index contributed by atoms with van der Waals surface area (Å²) in [6.45, 7) is 6.36. The number of carbonyl (C=O) groups excluding carboxylic acids is 1. The van der Waals surface area contributed by atoms with Crippen molar-refractivity contribution < 1.29 is 24.0 Å². The van der Waals surface area contributed by atoms with E-state index in [0.717, 1.165) is 51.4 Å². The number of carbonyl (C=O) groups is 1. The monoisotopic (exact) mass is 338 g/mol. The van der Waals surface area contributed by atoms with Crippen molar-refractivity contribution in [2.24, 2.45) is 23.7 Å². The first-order chi connectivity index (χ1) is 11.5. The third-order valence-corrected chi connectivity index (χ3v) is 6.91. The molecule has 4 saturated heterocycles. The molecular weight excluding hydrogens is 308 g/mol. The molecule has 0 N–H and O–H groups in total. The molecule has 5 fully saturated rings. The van der Waals surface area contributed by atoms with Crippen LogP contribution in [0.3, 0.4) is 0 Å². The molecule has 1 aliphatic carbocycles. The fourth-order valence-corrected chi connectivity index (χ4v) is 5.55. The molecule has 5 nitrogen and oxygen atoms in total. The second-order valence-electron chi connectivity index (χ2n) is 8.45. The van der Waals surface area contributed by atoms with Crippen LogP contribution < -0.4 is 0 Å². The van der Waals surface area contributed by atoms with E-state index in [1.165, 1.54) is 0 Å². The first-order valence-corrected chi connectivity index (χ1v) is 9.75. The summed E-state index contributed by atoms with van der Waals surface area (Å²) in [7, 11) is 0. The van der Waals surface area contributed by atoms with Crippen LogP contribution in [0.1, 0.15) is 72.1 Å². The molecule has 4 heterocycles. The van der Waals surface area contributed by atoms with Gasteiger partial charge in [0.05, 0.1) is 5.92 Å². The molecule has 0 aromatic rings. The van der Waals surface area contributed by atoms with Gasteiger partial charge in [0.25, 0.3) is 0 Å². The summed E-state index contributed by atoms with van der Waals surface area (Å²) in [4.78, 5) is 24.6. The van der Waals surface area contributed by atoms with Crippen LogP contribution in [0.4, 0.5) is 0 Å². The molecule has 24 heavy (non-hydrogen) atoms. The number of hydrogen-bond acceptors (Lipinski definition) is 5. The molecule has 5 heteroatoms. The van der Waals surface area contributed by atoms with Crippen LogP contribution in [0.5, 0.6) is 0 Å². The van der Waals surface area contributed by atoms with E-state index in [1.807, 2.05) is 6.92 Å². The zero-order chi connectivity index (χ0) is 16.9. The highest BCUT2D eigenvalue weighted by molar-refractivity contribution is 5.74. The number of hydrogen-bond donors (Lipinski definition) is 0. The minimum absolute atomic E-state index is 0.0857. The molecule has 2 bridgehead atoms. The fraction of sp³-hybridized carbons (Fsp3) is 0.947. The van der Waals surface area contributed by atoms with Crippen LogP contribution >= 0.6 is 0 Å². The Balaban J connectivity index is 1.69. The molecule has 1 saturated carbocycles. The Labute approximate surface area is 144 Å². The van der Waals surface area contributed by atoms with Gasteiger partial charge in [-0.3, -0.25) is 4.79 Å². The number of esters is 1. The average molecular weight is 338 g/mol. The fourth-order valence-electron chi connectivity index (χ4n) is 5.55. The normalized spacial score (nSPS) is 50.1. The van der Waals surface area contributed by atoms with Gasteiger partial charge in [0.1, 0.15) is 0 Å². The quantitative estimate of drug-likeness (QED) is 0.441. The van der Waals surface area contributed by atoms with Gasteiger partial charge < -0.3 is 9.47 Å². The summed E-state index contributed by atoms with van der Waals surface area (Å²) in [5, 5.41) is 0. The largest absolute Gasteiger partial charge is 0.432 e.